The number of rotatable bonds is 7. The summed E-state index contributed by atoms with van der Waals surface area (Å²) in [5.74, 6) is -2.58. The first-order valence-electron chi connectivity index (χ1n) is 10.1. The Balaban J connectivity index is 1.30. The van der Waals surface area contributed by atoms with Crippen LogP contribution in [0.3, 0.4) is 0 Å². The number of benzene rings is 2. The number of anilines is 1. The van der Waals surface area contributed by atoms with Crippen LogP contribution < -0.4 is 10.2 Å². The van der Waals surface area contributed by atoms with Gasteiger partial charge in [-0.05, 0) is 41.8 Å². The molecule has 2 aromatic carbocycles. The molecule has 168 valence electrons. The lowest BCUT2D eigenvalue weighted by atomic mass is 10.1. The van der Waals surface area contributed by atoms with Crippen molar-refractivity contribution in [1.82, 2.24) is 5.32 Å². The zero-order valence-corrected chi connectivity index (χ0v) is 18.7. The lowest BCUT2D eigenvalue weighted by molar-refractivity contribution is -0.118. The van der Waals surface area contributed by atoms with Crippen molar-refractivity contribution in [2.45, 2.75) is 22.3 Å². The van der Waals surface area contributed by atoms with E-state index in [9.17, 15) is 13.6 Å². The summed E-state index contributed by atoms with van der Waals surface area (Å²) in [6, 6.07) is 14.9. The van der Waals surface area contributed by atoms with Gasteiger partial charge < -0.3 is 15.0 Å². The van der Waals surface area contributed by atoms with E-state index in [1.165, 1.54) is 11.8 Å². The number of nitrogens with zero attached hydrogens (tertiary/aromatic N) is 3. The van der Waals surface area contributed by atoms with E-state index >= 15 is 0 Å². The van der Waals surface area contributed by atoms with Gasteiger partial charge in [0.15, 0.2) is 5.17 Å². The lowest BCUT2D eigenvalue weighted by Crippen LogP contribution is -2.36. The highest BCUT2D eigenvalue weighted by Gasteiger charge is 2.30. The molecule has 0 bridgehead atoms. The molecule has 0 aromatic heterocycles. The molecular formula is C22H22F2N4O2S2. The van der Waals surface area contributed by atoms with E-state index in [2.05, 4.69) is 20.4 Å². The Kier molecular flexibility index (Phi) is 7.77. The number of amides is 1. The van der Waals surface area contributed by atoms with Crippen LogP contribution in [0.2, 0.25) is 0 Å². The number of carbonyl (C=O) groups is 1. The average molecular weight is 477 g/mol. The maximum absolute atomic E-state index is 12.4. The SMILES string of the molecule is O=C1N/C(=N\N=C\c2ccc(N3CCOCC3)cc2)SC1Cc1ccc(SC(F)F)cc1. The van der Waals surface area contributed by atoms with Crippen molar-refractivity contribution >= 4 is 46.5 Å². The van der Waals surface area contributed by atoms with E-state index in [0.29, 0.717) is 28.2 Å². The maximum atomic E-state index is 12.4. The highest BCUT2D eigenvalue weighted by atomic mass is 32.2. The van der Waals surface area contributed by atoms with Gasteiger partial charge in [-0.25, -0.2) is 0 Å². The number of ether oxygens (including phenoxy) is 1. The summed E-state index contributed by atoms with van der Waals surface area (Å²) in [6.07, 6.45) is 2.14. The fourth-order valence-electron chi connectivity index (χ4n) is 3.35. The van der Waals surface area contributed by atoms with Crippen LogP contribution in [-0.2, 0) is 16.0 Å². The summed E-state index contributed by atoms with van der Waals surface area (Å²) >= 11 is 1.82. The Morgan fingerprint density at radius 1 is 1.16 bits per heavy atom. The molecule has 2 heterocycles. The molecule has 6 nitrogen and oxygen atoms in total. The van der Waals surface area contributed by atoms with Gasteiger partial charge in [0.25, 0.3) is 5.76 Å². The third-order valence-electron chi connectivity index (χ3n) is 4.97. The summed E-state index contributed by atoms with van der Waals surface area (Å²) in [7, 11) is 0. The van der Waals surface area contributed by atoms with Crippen LogP contribution in [0.25, 0.3) is 0 Å². The Bertz CT molecular complexity index is 978. The van der Waals surface area contributed by atoms with Gasteiger partial charge in [-0.1, -0.05) is 47.8 Å². The molecule has 4 rings (SSSR count). The van der Waals surface area contributed by atoms with Crippen molar-refractivity contribution in [2.24, 2.45) is 10.2 Å². The van der Waals surface area contributed by atoms with Crippen LogP contribution >= 0.6 is 23.5 Å². The maximum Gasteiger partial charge on any atom is 0.288 e. The topological polar surface area (TPSA) is 66.3 Å². The minimum atomic E-state index is -2.45. The van der Waals surface area contributed by atoms with Gasteiger partial charge >= 0.3 is 0 Å². The molecule has 1 amide bonds. The molecule has 0 aliphatic carbocycles. The molecule has 10 heteroatoms. The van der Waals surface area contributed by atoms with Crippen LogP contribution in [0.15, 0.2) is 63.6 Å². The molecule has 1 unspecified atom stereocenters. The van der Waals surface area contributed by atoms with Gasteiger partial charge in [-0.3, -0.25) is 4.79 Å². The fraction of sp³-hybridized carbons (Fsp3) is 0.318. The van der Waals surface area contributed by atoms with E-state index < -0.39 is 5.76 Å². The predicted octanol–water partition coefficient (Wildman–Crippen LogP) is 4.00. The quantitative estimate of drug-likeness (QED) is 0.372. The molecule has 1 N–H and O–H groups in total. The van der Waals surface area contributed by atoms with E-state index in [1.54, 1.807) is 30.5 Å². The van der Waals surface area contributed by atoms with E-state index in [4.69, 9.17) is 4.74 Å². The highest BCUT2D eigenvalue weighted by Crippen LogP contribution is 2.27. The van der Waals surface area contributed by atoms with Gasteiger partial charge in [-0.15, -0.1) is 5.10 Å². The number of thioether (sulfide) groups is 2. The number of carbonyl (C=O) groups excluding carboxylic acids is 1. The molecule has 2 aliphatic rings. The second-order valence-corrected chi connectivity index (χ2v) is 9.42. The second kappa shape index (κ2) is 10.9. The van der Waals surface area contributed by atoms with Crippen molar-refractivity contribution in [2.75, 3.05) is 31.2 Å². The number of hydrogen-bond acceptors (Lipinski definition) is 7. The van der Waals surface area contributed by atoms with Gasteiger partial charge in [-0.2, -0.15) is 13.9 Å². The van der Waals surface area contributed by atoms with E-state index in [0.717, 1.165) is 43.1 Å². The average Bonchev–Trinajstić information content (AvgIpc) is 3.15. The first kappa shape index (κ1) is 22.8. The van der Waals surface area contributed by atoms with Gasteiger partial charge in [0.2, 0.25) is 5.91 Å². The fourth-order valence-corrected chi connectivity index (χ4v) is 4.81. The van der Waals surface area contributed by atoms with Crippen LogP contribution in [-0.4, -0.2) is 54.6 Å². The van der Waals surface area contributed by atoms with Crippen LogP contribution in [0, 0.1) is 0 Å². The molecule has 2 aliphatic heterocycles. The van der Waals surface area contributed by atoms with E-state index in [-0.39, 0.29) is 11.2 Å². The van der Waals surface area contributed by atoms with Crippen molar-refractivity contribution in [3.63, 3.8) is 0 Å². The third kappa shape index (κ3) is 6.30. The first-order valence-corrected chi connectivity index (χ1v) is 11.9. The van der Waals surface area contributed by atoms with Gasteiger partial charge in [0.05, 0.1) is 24.7 Å². The molecule has 1 atom stereocenters. The standard InChI is InChI=1S/C22H22F2N4O2S2/c23-21(24)31-18-7-3-15(4-8-18)13-19-20(29)26-22(32-19)27-25-14-16-1-5-17(6-2-16)28-9-11-30-12-10-28/h1-8,14,19,21H,9-13H2,(H,26,27,29)/b25-14+. The zero-order chi connectivity index (χ0) is 22.3. The lowest BCUT2D eigenvalue weighted by Gasteiger charge is -2.28. The number of halogens is 2. The first-order chi connectivity index (χ1) is 15.6. The Hall–Kier alpha value is -2.43. The van der Waals surface area contributed by atoms with Gasteiger partial charge in [0, 0.05) is 23.7 Å². The van der Waals surface area contributed by atoms with Crippen molar-refractivity contribution in [1.29, 1.82) is 0 Å². The minimum Gasteiger partial charge on any atom is -0.378 e. The molecule has 0 saturated carbocycles. The Labute approximate surface area is 193 Å². The summed E-state index contributed by atoms with van der Waals surface area (Å²) in [4.78, 5) is 15.0. The highest BCUT2D eigenvalue weighted by molar-refractivity contribution is 8.15. The summed E-state index contributed by atoms with van der Waals surface area (Å²) in [5, 5.41) is 11.1. The van der Waals surface area contributed by atoms with Gasteiger partial charge in [0.1, 0.15) is 0 Å². The molecular weight excluding hydrogens is 454 g/mol. The number of amidine groups is 1. The number of alkyl halides is 2. The van der Waals surface area contributed by atoms with Crippen molar-refractivity contribution in [3.8, 4) is 0 Å². The third-order valence-corrected chi connectivity index (χ3v) is 6.77. The Morgan fingerprint density at radius 3 is 2.56 bits per heavy atom. The van der Waals surface area contributed by atoms with E-state index in [1.807, 2.05) is 24.3 Å². The normalized spacial score (nSPS) is 20.5. The molecule has 32 heavy (non-hydrogen) atoms. The molecule has 0 spiro atoms. The Morgan fingerprint density at radius 2 is 1.88 bits per heavy atom. The molecule has 0 radical (unpaired) electrons. The zero-order valence-electron chi connectivity index (χ0n) is 17.1. The van der Waals surface area contributed by atoms with Crippen molar-refractivity contribution < 1.29 is 18.3 Å². The summed E-state index contributed by atoms with van der Waals surface area (Å²) < 4.78 is 30.2. The molecule has 2 fully saturated rings. The minimum absolute atomic E-state index is 0.134. The van der Waals surface area contributed by atoms with Crippen LogP contribution in [0.5, 0.6) is 0 Å². The predicted molar refractivity (Wildman–Crippen MR) is 126 cm³/mol. The van der Waals surface area contributed by atoms with Crippen LogP contribution in [0.1, 0.15) is 11.1 Å². The summed E-state index contributed by atoms with van der Waals surface area (Å²) in [6.45, 7) is 3.26. The van der Waals surface area contributed by atoms with Crippen LogP contribution in [0.4, 0.5) is 14.5 Å². The summed E-state index contributed by atoms with van der Waals surface area (Å²) in [5.41, 5.74) is 2.97. The number of hydrogen-bond donors (Lipinski definition) is 1. The number of morpholine rings is 1. The monoisotopic (exact) mass is 476 g/mol. The van der Waals surface area contributed by atoms with Crippen molar-refractivity contribution in [3.05, 3.63) is 59.7 Å². The molecule has 2 aromatic rings. The largest absolute Gasteiger partial charge is 0.378 e. The number of nitrogens with one attached hydrogen (secondary N) is 1. The molecule has 2 saturated heterocycles. The smallest absolute Gasteiger partial charge is 0.288 e. The second-order valence-electron chi connectivity index (χ2n) is 7.16.